The minimum Gasteiger partial charge on any atom is -0.598 e. The van der Waals surface area contributed by atoms with Crippen LogP contribution >= 0.6 is 0 Å². The van der Waals surface area contributed by atoms with Crippen LogP contribution in [0, 0.1) is 0 Å². The summed E-state index contributed by atoms with van der Waals surface area (Å²) in [5, 5.41) is 9.57. The van der Waals surface area contributed by atoms with E-state index in [2.05, 4.69) is 4.72 Å². The molecule has 150 valence electrons. The average Bonchev–Trinajstić information content (AvgIpc) is 3.43. The fourth-order valence-electron chi connectivity index (χ4n) is 3.78. The molecular formula is C21H22F3NO2S. The number of halogens is 3. The van der Waals surface area contributed by atoms with Gasteiger partial charge in [0.2, 0.25) is 0 Å². The van der Waals surface area contributed by atoms with Gasteiger partial charge >= 0.3 is 6.18 Å². The number of benzene rings is 2. The Labute approximate surface area is 165 Å². The molecule has 1 saturated carbocycles. The number of nitrogens with one attached hydrogen (secondary N) is 1. The Morgan fingerprint density at radius 2 is 1.79 bits per heavy atom. The predicted molar refractivity (Wildman–Crippen MR) is 102 cm³/mol. The normalized spacial score (nSPS) is 20.2. The maximum absolute atomic E-state index is 13.1. The van der Waals surface area contributed by atoms with Gasteiger partial charge in [0, 0.05) is 24.2 Å². The SMILES string of the molecule is [O-][S+](NC1CCc2cc(Cc3cc(CO)cc(C(F)(F)F)c3)ccc21)C1CC1. The number of hydrogen-bond acceptors (Lipinski definition) is 3. The van der Waals surface area contributed by atoms with Gasteiger partial charge in [-0.2, -0.15) is 13.2 Å². The lowest BCUT2D eigenvalue weighted by molar-refractivity contribution is -0.137. The van der Waals surface area contributed by atoms with Crippen LogP contribution in [0.4, 0.5) is 13.2 Å². The van der Waals surface area contributed by atoms with Gasteiger partial charge in [-0.1, -0.05) is 24.3 Å². The number of aliphatic hydroxyl groups excluding tert-OH is 1. The van der Waals surface area contributed by atoms with Crippen LogP contribution in [0.25, 0.3) is 0 Å². The highest BCUT2D eigenvalue weighted by Gasteiger charge is 2.37. The van der Waals surface area contributed by atoms with Gasteiger partial charge in [0.15, 0.2) is 0 Å². The Morgan fingerprint density at radius 1 is 1.04 bits per heavy atom. The van der Waals surface area contributed by atoms with Crippen LogP contribution in [0.2, 0.25) is 0 Å². The Bertz CT molecular complexity index is 867. The van der Waals surface area contributed by atoms with Gasteiger partial charge in [0.25, 0.3) is 0 Å². The van der Waals surface area contributed by atoms with Crippen molar-refractivity contribution in [3.05, 3.63) is 69.8 Å². The van der Waals surface area contributed by atoms with E-state index in [1.165, 1.54) is 0 Å². The molecule has 3 nitrogen and oxygen atoms in total. The van der Waals surface area contributed by atoms with Crippen LogP contribution in [0.15, 0.2) is 36.4 Å². The molecule has 0 radical (unpaired) electrons. The van der Waals surface area contributed by atoms with Gasteiger partial charge in [-0.25, -0.2) is 0 Å². The van der Waals surface area contributed by atoms with Gasteiger partial charge in [0.1, 0.15) is 5.25 Å². The van der Waals surface area contributed by atoms with E-state index in [9.17, 15) is 22.8 Å². The van der Waals surface area contributed by atoms with Crippen LogP contribution in [0.1, 0.15) is 58.7 Å². The second-order valence-electron chi connectivity index (χ2n) is 7.61. The van der Waals surface area contributed by atoms with Gasteiger partial charge in [-0.15, -0.1) is 4.72 Å². The van der Waals surface area contributed by atoms with E-state index in [-0.39, 0.29) is 16.9 Å². The minimum absolute atomic E-state index is 0.0834. The summed E-state index contributed by atoms with van der Waals surface area (Å²) >= 11 is -0.990. The zero-order valence-corrected chi connectivity index (χ0v) is 16.1. The monoisotopic (exact) mass is 409 g/mol. The molecule has 0 bridgehead atoms. The van der Waals surface area contributed by atoms with E-state index in [4.69, 9.17) is 0 Å². The second kappa shape index (κ2) is 7.71. The lowest BCUT2D eigenvalue weighted by atomic mass is 9.97. The molecule has 2 atom stereocenters. The Hall–Kier alpha value is -1.54. The van der Waals surface area contributed by atoms with Crippen molar-refractivity contribution in [2.24, 2.45) is 0 Å². The molecule has 2 aromatic rings. The van der Waals surface area contributed by atoms with Crippen molar-refractivity contribution in [3.63, 3.8) is 0 Å². The quantitative estimate of drug-likeness (QED) is 0.704. The average molecular weight is 409 g/mol. The van der Waals surface area contributed by atoms with Crippen molar-refractivity contribution in [3.8, 4) is 0 Å². The van der Waals surface area contributed by atoms with E-state index in [0.717, 1.165) is 54.5 Å². The van der Waals surface area contributed by atoms with Crippen molar-refractivity contribution in [1.29, 1.82) is 0 Å². The zero-order chi connectivity index (χ0) is 19.9. The fourth-order valence-corrected chi connectivity index (χ4v) is 5.06. The largest absolute Gasteiger partial charge is 0.598 e. The van der Waals surface area contributed by atoms with Crippen LogP contribution < -0.4 is 4.72 Å². The summed E-state index contributed by atoms with van der Waals surface area (Å²) in [5.74, 6) is 0. The fraction of sp³-hybridized carbons (Fsp3) is 0.429. The highest BCUT2D eigenvalue weighted by atomic mass is 32.2. The Balaban J connectivity index is 1.52. The third kappa shape index (κ3) is 4.38. The van der Waals surface area contributed by atoms with Crippen LogP contribution in [0.5, 0.6) is 0 Å². The van der Waals surface area contributed by atoms with E-state index < -0.39 is 29.7 Å². The maximum Gasteiger partial charge on any atom is 0.416 e. The number of aryl methyl sites for hydroxylation is 1. The molecule has 0 heterocycles. The number of aliphatic hydroxyl groups is 1. The van der Waals surface area contributed by atoms with Crippen LogP contribution in [0.3, 0.4) is 0 Å². The van der Waals surface area contributed by atoms with Crippen molar-refractivity contribution in [2.75, 3.05) is 0 Å². The first-order valence-electron chi connectivity index (χ1n) is 9.43. The molecule has 2 unspecified atom stereocenters. The molecule has 2 N–H and O–H groups in total. The van der Waals surface area contributed by atoms with Gasteiger partial charge in [-0.3, -0.25) is 0 Å². The molecule has 2 aromatic carbocycles. The van der Waals surface area contributed by atoms with Gasteiger partial charge in [-0.05, 0) is 59.2 Å². The van der Waals surface area contributed by atoms with Gasteiger partial charge < -0.3 is 9.66 Å². The Morgan fingerprint density at radius 3 is 2.46 bits per heavy atom. The van der Waals surface area contributed by atoms with E-state index in [1.807, 2.05) is 18.2 Å². The molecule has 0 aromatic heterocycles. The predicted octanol–water partition coefficient (Wildman–Crippen LogP) is 4.19. The summed E-state index contributed by atoms with van der Waals surface area (Å²) in [6.45, 7) is -0.424. The second-order valence-corrected chi connectivity index (χ2v) is 9.11. The molecule has 0 aliphatic heterocycles. The molecule has 28 heavy (non-hydrogen) atoms. The molecule has 0 spiro atoms. The standard InChI is InChI=1S/C21H22F3NO2S/c22-21(23,24)17-10-14(8-15(11-17)12-26)7-13-1-5-19-16(9-13)2-6-20(19)25-28(27)18-3-4-18/h1,5,8-11,18,20,25-26H,2-4,6-7,12H2. The summed E-state index contributed by atoms with van der Waals surface area (Å²) < 4.78 is 54.7. The van der Waals surface area contributed by atoms with E-state index in [1.54, 1.807) is 6.07 Å². The number of alkyl halides is 3. The van der Waals surface area contributed by atoms with E-state index in [0.29, 0.717) is 12.0 Å². The maximum atomic E-state index is 13.1. The Kier molecular flexibility index (Phi) is 5.44. The van der Waals surface area contributed by atoms with Crippen molar-refractivity contribution < 1.29 is 22.8 Å². The smallest absolute Gasteiger partial charge is 0.416 e. The van der Waals surface area contributed by atoms with Crippen molar-refractivity contribution in [2.45, 2.75) is 56.2 Å². The summed E-state index contributed by atoms with van der Waals surface area (Å²) in [6, 6.07) is 9.80. The number of fused-ring (bicyclic) bond motifs is 1. The van der Waals surface area contributed by atoms with Crippen molar-refractivity contribution in [1.82, 2.24) is 4.72 Å². The topological polar surface area (TPSA) is 55.3 Å². The number of hydrogen-bond donors (Lipinski definition) is 2. The first-order valence-corrected chi connectivity index (χ1v) is 10.6. The molecule has 1 fully saturated rings. The molecule has 2 aliphatic carbocycles. The molecule has 7 heteroatoms. The summed E-state index contributed by atoms with van der Waals surface area (Å²) in [7, 11) is 0. The number of rotatable bonds is 6. The highest BCUT2D eigenvalue weighted by Crippen LogP contribution is 2.36. The van der Waals surface area contributed by atoms with Crippen LogP contribution in [-0.2, 0) is 37.0 Å². The third-order valence-corrected chi connectivity index (χ3v) is 6.94. The minimum atomic E-state index is -4.44. The summed E-state index contributed by atoms with van der Waals surface area (Å²) in [4.78, 5) is 0. The summed E-state index contributed by atoms with van der Waals surface area (Å²) in [6.07, 6.45) is -0.275. The molecular weight excluding hydrogens is 387 g/mol. The van der Waals surface area contributed by atoms with Gasteiger partial charge in [0.05, 0.1) is 18.2 Å². The first-order chi connectivity index (χ1) is 13.3. The lowest BCUT2D eigenvalue weighted by Gasteiger charge is -2.17. The molecule has 0 saturated heterocycles. The zero-order valence-electron chi connectivity index (χ0n) is 15.3. The van der Waals surface area contributed by atoms with Crippen LogP contribution in [-0.4, -0.2) is 14.9 Å². The highest BCUT2D eigenvalue weighted by molar-refractivity contribution is 7.90. The van der Waals surface area contributed by atoms with E-state index >= 15 is 0 Å². The first kappa shape index (κ1) is 19.8. The molecule has 2 aliphatic rings. The van der Waals surface area contributed by atoms with Crippen molar-refractivity contribution >= 4 is 11.4 Å². The molecule has 0 amide bonds. The third-order valence-electron chi connectivity index (χ3n) is 5.34. The summed E-state index contributed by atoms with van der Waals surface area (Å²) in [5.41, 5.74) is 3.29. The lowest BCUT2D eigenvalue weighted by Crippen LogP contribution is -2.30. The molecule has 4 rings (SSSR count).